The fourth-order valence-corrected chi connectivity index (χ4v) is 2.28. The second-order valence-corrected chi connectivity index (χ2v) is 5.39. The van der Waals surface area contributed by atoms with Gasteiger partial charge in [0, 0.05) is 32.7 Å². The Bertz CT molecular complexity index is 795. The van der Waals surface area contributed by atoms with Crippen LogP contribution in [0.3, 0.4) is 0 Å². The molecular formula is C17H13BrF2NO2Y-. The summed E-state index contributed by atoms with van der Waals surface area (Å²) in [6, 6.07) is 11.1. The van der Waals surface area contributed by atoms with Crippen LogP contribution in [0.1, 0.15) is 6.92 Å². The number of rotatable bonds is 5. The number of hydrogen-bond donors (Lipinski definition) is 0. The molecular weight excluding hydrogens is 457 g/mol. The maximum Gasteiger partial charge on any atom is 0.256 e. The summed E-state index contributed by atoms with van der Waals surface area (Å²) >= 11 is 3.05. The molecule has 0 fully saturated rings. The first-order chi connectivity index (χ1) is 11.0. The van der Waals surface area contributed by atoms with Gasteiger partial charge < -0.3 is 9.30 Å². The summed E-state index contributed by atoms with van der Waals surface area (Å²) in [6.45, 7) is 1.31. The fraction of sp³-hybridized carbons (Fsp3) is 0.235. The second-order valence-electron chi connectivity index (χ2n) is 4.53. The molecule has 1 aromatic heterocycles. The van der Waals surface area contributed by atoms with Crippen molar-refractivity contribution in [2.24, 2.45) is 0 Å². The molecule has 0 amide bonds. The van der Waals surface area contributed by atoms with E-state index in [0.717, 1.165) is 4.57 Å². The van der Waals surface area contributed by atoms with Gasteiger partial charge >= 0.3 is 0 Å². The zero-order valence-corrected chi connectivity index (χ0v) is 17.3. The van der Waals surface area contributed by atoms with E-state index in [-0.39, 0.29) is 43.8 Å². The molecule has 0 N–H and O–H groups in total. The van der Waals surface area contributed by atoms with Crippen molar-refractivity contribution in [2.75, 3.05) is 6.61 Å². The first-order valence-corrected chi connectivity index (χ1v) is 7.54. The van der Waals surface area contributed by atoms with Crippen LogP contribution in [0.25, 0.3) is 11.3 Å². The minimum absolute atomic E-state index is 0. The van der Waals surface area contributed by atoms with Gasteiger partial charge in [-0.3, -0.25) is 4.79 Å². The standard InChI is InChI=1S/C17H13BrF2NO2.Y/c1-2-3-10-23-13-6-4-12(5-7-13)15-9-8-14(18)17(22)21(15)11-16(19)20;/h4-8,16H,10-11H2,1H3;/q-1;. The Morgan fingerprint density at radius 3 is 2.58 bits per heavy atom. The van der Waals surface area contributed by atoms with Crippen molar-refractivity contribution >= 4 is 15.9 Å². The van der Waals surface area contributed by atoms with Gasteiger partial charge in [-0.25, -0.2) is 8.78 Å². The number of nitrogens with zero attached hydrogens (tertiary/aromatic N) is 1. The van der Waals surface area contributed by atoms with Crippen molar-refractivity contribution < 1.29 is 46.2 Å². The molecule has 2 aromatic rings. The minimum atomic E-state index is -2.63. The molecule has 24 heavy (non-hydrogen) atoms. The van der Waals surface area contributed by atoms with Crippen LogP contribution in [0, 0.1) is 17.9 Å². The maximum absolute atomic E-state index is 12.7. The van der Waals surface area contributed by atoms with Gasteiger partial charge in [0.05, 0.1) is 6.54 Å². The average molecular weight is 470 g/mol. The van der Waals surface area contributed by atoms with Crippen LogP contribution >= 0.6 is 15.9 Å². The van der Waals surface area contributed by atoms with Crippen LogP contribution in [-0.2, 0) is 39.3 Å². The Balaban J connectivity index is 0.00000288. The van der Waals surface area contributed by atoms with E-state index in [1.165, 1.54) is 6.07 Å². The van der Waals surface area contributed by atoms with Crippen LogP contribution in [0.15, 0.2) is 39.6 Å². The van der Waals surface area contributed by atoms with E-state index < -0.39 is 18.5 Å². The quantitative estimate of drug-likeness (QED) is 0.493. The molecule has 0 aliphatic rings. The molecule has 7 heteroatoms. The first kappa shape index (κ1) is 21.0. The molecule has 0 saturated heterocycles. The van der Waals surface area contributed by atoms with Crippen LogP contribution in [0.2, 0.25) is 0 Å². The van der Waals surface area contributed by atoms with Gasteiger partial charge in [0.1, 0.15) is 12.4 Å². The van der Waals surface area contributed by atoms with Crippen LogP contribution < -0.4 is 10.3 Å². The maximum atomic E-state index is 12.7. The van der Waals surface area contributed by atoms with Crippen molar-refractivity contribution in [3.8, 4) is 28.8 Å². The van der Waals surface area contributed by atoms with Gasteiger partial charge in [-0.15, -0.1) is 34.0 Å². The summed E-state index contributed by atoms with van der Waals surface area (Å²) in [7, 11) is 0. The molecule has 123 valence electrons. The second kappa shape index (κ2) is 10.1. The summed E-state index contributed by atoms with van der Waals surface area (Å²) in [6.07, 6.45) is -2.63. The van der Waals surface area contributed by atoms with Gasteiger partial charge in [-0.2, -0.15) is 12.1 Å². The Morgan fingerprint density at radius 2 is 2.00 bits per heavy atom. The van der Waals surface area contributed by atoms with Crippen molar-refractivity contribution in [2.45, 2.75) is 19.9 Å². The van der Waals surface area contributed by atoms with Crippen LogP contribution in [0.4, 0.5) is 8.78 Å². The van der Waals surface area contributed by atoms with Crippen LogP contribution in [-0.4, -0.2) is 17.6 Å². The van der Waals surface area contributed by atoms with Crippen molar-refractivity contribution in [1.82, 2.24) is 4.57 Å². The first-order valence-electron chi connectivity index (χ1n) is 6.75. The molecule has 0 atom stereocenters. The molecule has 1 heterocycles. The summed E-state index contributed by atoms with van der Waals surface area (Å²) in [5.41, 5.74) is 0.389. The van der Waals surface area contributed by atoms with E-state index in [4.69, 9.17) is 4.74 Å². The Labute approximate surface area is 172 Å². The molecule has 0 bridgehead atoms. The Kier molecular flexibility index (Phi) is 8.82. The number of alkyl halides is 2. The summed E-state index contributed by atoms with van der Waals surface area (Å²) in [4.78, 5) is 12.1. The van der Waals surface area contributed by atoms with Crippen LogP contribution in [0.5, 0.6) is 5.75 Å². The van der Waals surface area contributed by atoms with Gasteiger partial charge in [0.25, 0.3) is 6.43 Å². The molecule has 3 nitrogen and oxygen atoms in total. The average Bonchev–Trinajstić information content (AvgIpc) is 2.53. The molecule has 0 aliphatic carbocycles. The smallest absolute Gasteiger partial charge is 0.256 e. The Morgan fingerprint density at radius 1 is 1.33 bits per heavy atom. The van der Waals surface area contributed by atoms with Gasteiger partial charge in [-0.05, 0) is 23.5 Å². The minimum Gasteiger partial charge on any atom is -0.481 e. The predicted octanol–water partition coefficient (Wildman–Crippen LogP) is 3.74. The van der Waals surface area contributed by atoms with Crippen molar-refractivity contribution in [1.29, 1.82) is 0 Å². The third-order valence-electron chi connectivity index (χ3n) is 2.99. The van der Waals surface area contributed by atoms with Crippen molar-refractivity contribution in [3.63, 3.8) is 0 Å². The topological polar surface area (TPSA) is 31.2 Å². The fourth-order valence-electron chi connectivity index (χ4n) is 1.95. The molecule has 2 rings (SSSR count). The SMILES string of the molecule is CC#CCOc1ccc(-c2[c-]cc(Br)c(=O)n2CC(F)F)cc1.[Y]. The number of aromatic nitrogens is 1. The summed E-state index contributed by atoms with van der Waals surface area (Å²) in [5, 5.41) is 0. The third kappa shape index (κ3) is 5.51. The van der Waals surface area contributed by atoms with Gasteiger partial charge in [0.15, 0.2) is 0 Å². The molecule has 0 spiro atoms. The Hall–Kier alpha value is -1.03. The van der Waals surface area contributed by atoms with Gasteiger partial charge in [-0.1, -0.05) is 17.2 Å². The third-order valence-corrected chi connectivity index (χ3v) is 3.56. The molecule has 1 aromatic carbocycles. The van der Waals surface area contributed by atoms with E-state index in [2.05, 4.69) is 33.8 Å². The number of pyridine rings is 1. The van der Waals surface area contributed by atoms with E-state index in [1.807, 2.05) is 0 Å². The van der Waals surface area contributed by atoms with Gasteiger partial charge in [0.2, 0.25) is 5.56 Å². The van der Waals surface area contributed by atoms with E-state index in [1.54, 1.807) is 31.2 Å². The largest absolute Gasteiger partial charge is 0.481 e. The summed E-state index contributed by atoms with van der Waals surface area (Å²) in [5.74, 6) is 6.10. The number of halogens is 3. The zero-order chi connectivity index (χ0) is 16.8. The molecule has 1 radical (unpaired) electrons. The monoisotopic (exact) mass is 469 g/mol. The van der Waals surface area contributed by atoms with E-state index in [0.29, 0.717) is 17.0 Å². The predicted molar refractivity (Wildman–Crippen MR) is 87.6 cm³/mol. The molecule has 0 aliphatic heterocycles. The van der Waals surface area contributed by atoms with Crippen molar-refractivity contribution in [3.05, 3.63) is 51.2 Å². The van der Waals surface area contributed by atoms with E-state index >= 15 is 0 Å². The van der Waals surface area contributed by atoms with E-state index in [9.17, 15) is 13.6 Å². The molecule has 0 saturated carbocycles. The number of ether oxygens (including phenoxy) is 1. The zero-order valence-electron chi connectivity index (χ0n) is 12.9. The number of benzene rings is 1. The number of hydrogen-bond acceptors (Lipinski definition) is 2. The molecule has 0 unspecified atom stereocenters. The normalized spacial score (nSPS) is 9.88. The summed E-state index contributed by atoms with van der Waals surface area (Å²) < 4.78 is 32.1.